The van der Waals surface area contributed by atoms with Crippen LogP contribution in [0.5, 0.6) is 11.5 Å². The van der Waals surface area contributed by atoms with Gasteiger partial charge in [0.05, 0.1) is 20.2 Å². The van der Waals surface area contributed by atoms with Crippen molar-refractivity contribution >= 4 is 41.3 Å². The number of hydrogen-bond acceptors (Lipinski definition) is 5. The Bertz CT molecular complexity index is 889. The van der Waals surface area contributed by atoms with Crippen molar-refractivity contribution in [3.63, 3.8) is 0 Å². The molecule has 0 spiro atoms. The zero-order valence-electron chi connectivity index (χ0n) is 16.8. The van der Waals surface area contributed by atoms with E-state index in [9.17, 15) is 13.2 Å². The fourth-order valence-electron chi connectivity index (χ4n) is 2.98. The Morgan fingerprint density at radius 2 is 2.13 bits per heavy atom. The highest BCUT2D eigenvalue weighted by molar-refractivity contribution is 14.0. The second kappa shape index (κ2) is 10.5. The average Bonchev–Trinajstić information content (AvgIpc) is 3.28. The molecule has 2 aromatic rings. The van der Waals surface area contributed by atoms with E-state index in [0.29, 0.717) is 24.1 Å². The first-order valence-corrected chi connectivity index (χ1v) is 10.1. The standard InChI is InChI=1S/C19H23F3N4O2S.HI/c1-4-23-18(25-9-17-26-16(10-29-17)19(20,21)22)24-8-13-7-15-12(5-11(2)28-15)6-14(13)27-3;/h6-7,10-11H,4-5,8-9H2,1-3H3,(H2,23,24,25);1H. The number of benzene rings is 1. The maximum Gasteiger partial charge on any atom is 0.434 e. The van der Waals surface area contributed by atoms with Crippen LogP contribution >= 0.6 is 35.3 Å². The summed E-state index contributed by atoms with van der Waals surface area (Å²) in [5, 5.41) is 7.44. The number of hydrogen-bond donors (Lipinski definition) is 2. The molecule has 166 valence electrons. The first kappa shape index (κ1) is 24.5. The number of aliphatic imine (C=N–C) groups is 1. The Labute approximate surface area is 194 Å². The lowest BCUT2D eigenvalue weighted by Gasteiger charge is -2.12. The largest absolute Gasteiger partial charge is 0.496 e. The van der Waals surface area contributed by atoms with E-state index in [1.165, 1.54) is 0 Å². The first-order valence-electron chi connectivity index (χ1n) is 9.20. The third kappa shape index (κ3) is 6.13. The van der Waals surface area contributed by atoms with E-state index >= 15 is 0 Å². The van der Waals surface area contributed by atoms with Gasteiger partial charge in [-0.3, -0.25) is 0 Å². The van der Waals surface area contributed by atoms with Gasteiger partial charge >= 0.3 is 6.18 Å². The zero-order valence-corrected chi connectivity index (χ0v) is 19.9. The number of aromatic nitrogens is 1. The summed E-state index contributed by atoms with van der Waals surface area (Å²) >= 11 is 0.958. The molecule has 0 aliphatic carbocycles. The number of thiazole rings is 1. The van der Waals surface area contributed by atoms with E-state index in [1.54, 1.807) is 7.11 Å². The van der Waals surface area contributed by atoms with E-state index in [1.807, 2.05) is 26.0 Å². The maximum absolute atomic E-state index is 12.7. The maximum atomic E-state index is 12.7. The summed E-state index contributed by atoms with van der Waals surface area (Å²) in [6, 6.07) is 3.90. The molecule has 3 rings (SSSR count). The lowest BCUT2D eigenvalue weighted by molar-refractivity contribution is -0.140. The number of alkyl halides is 3. The summed E-state index contributed by atoms with van der Waals surface area (Å²) in [6.45, 7) is 5.01. The van der Waals surface area contributed by atoms with Crippen molar-refractivity contribution in [2.24, 2.45) is 4.99 Å². The Morgan fingerprint density at radius 1 is 1.37 bits per heavy atom. The summed E-state index contributed by atoms with van der Waals surface area (Å²) in [5.74, 6) is 2.05. The smallest absolute Gasteiger partial charge is 0.434 e. The first-order chi connectivity index (χ1) is 13.8. The summed E-state index contributed by atoms with van der Waals surface area (Å²) in [7, 11) is 1.61. The molecule has 0 radical (unpaired) electrons. The molecular weight excluding hydrogens is 532 g/mol. The third-order valence-electron chi connectivity index (χ3n) is 4.30. The van der Waals surface area contributed by atoms with Gasteiger partial charge in [0.2, 0.25) is 0 Å². The van der Waals surface area contributed by atoms with Crippen LogP contribution in [0.2, 0.25) is 0 Å². The van der Waals surface area contributed by atoms with Gasteiger partial charge in [-0.2, -0.15) is 13.2 Å². The quantitative estimate of drug-likeness (QED) is 0.315. The van der Waals surface area contributed by atoms with Crippen LogP contribution in [0, 0.1) is 0 Å². The Hall–Kier alpha value is -1.76. The van der Waals surface area contributed by atoms with Gasteiger partial charge in [0.1, 0.15) is 22.6 Å². The topological polar surface area (TPSA) is 67.8 Å². The molecule has 2 heterocycles. The summed E-state index contributed by atoms with van der Waals surface area (Å²) in [5.41, 5.74) is 1.10. The van der Waals surface area contributed by atoms with Crippen molar-refractivity contribution in [3.8, 4) is 11.5 Å². The molecule has 1 aromatic heterocycles. The molecule has 0 saturated heterocycles. The van der Waals surface area contributed by atoms with Crippen molar-refractivity contribution in [2.45, 2.75) is 45.6 Å². The van der Waals surface area contributed by atoms with Gasteiger partial charge < -0.3 is 20.1 Å². The number of halogens is 4. The molecule has 0 saturated carbocycles. The van der Waals surface area contributed by atoms with Crippen LogP contribution in [-0.4, -0.2) is 30.7 Å². The van der Waals surface area contributed by atoms with Crippen molar-refractivity contribution < 1.29 is 22.6 Å². The van der Waals surface area contributed by atoms with Gasteiger partial charge in [-0.25, -0.2) is 9.98 Å². The SMILES string of the molecule is CCNC(=NCc1cc2c(cc1OC)CC(C)O2)NCc1nc(C(F)(F)F)cs1.I. The van der Waals surface area contributed by atoms with Crippen LogP contribution in [0.3, 0.4) is 0 Å². The third-order valence-corrected chi connectivity index (χ3v) is 5.15. The number of rotatable bonds is 6. The van der Waals surface area contributed by atoms with Gasteiger partial charge in [-0.1, -0.05) is 0 Å². The predicted octanol–water partition coefficient (Wildman–Crippen LogP) is 4.37. The molecule has 0 amide bonds. The Morgan fingerprint density at radius 3 is 2.77 bits per heavy atom. The molecular formula is C19H24F3IN4O2S. The van der Waals surface area contributed by atoms with Crippen molar-refractivity contribution in [2.75, 3.05) is 13.7 Å². The predicted molar refractivity (Wildman–Crippen MR) is 121 cm³/mol. The van der Waals surface area contributed by atoms with E-state index in [0.717, 1.165) is 45.8 Å². The van der Waals surface area contributed by atoms with Crippen LogP contribution in [0.15, 0.2) is 22.5 Å². The second-order valence-electron chi connectivity index (χ2n) is 6.58. The molecule has 6 nitrogen and oxygen atoms in total. The lowest BCUT2D eigenvalue weighted by Crippen LogP contribution is -2.36. The van der Waals surface area contributed by atoms with Crippen LogP contribution in [0.25, 0.3) is 0 Å². The van der Waals surface area contributed by atoms with Crippen molar-refractivity contribution in [1.82, 2.24) is 15.6 Å². The number of fused-ring (bicyclic) bond motifs is 1. The summed E-state index contributed by atoms with van der Waals surface area (Å²) in [6.07, 6.45) is -3.46. The molecule has 1 aliphatic heterocycles. The Kier molecular flexibility index (Phi) is 8.59. The fraction of sp³-hybridized carbons (Fsp3) is 0.474. The number of guanidine groups is 1. The van der Waals surface area contributed by atoms with Crippen LogP contribution in [0.4, 0.5) is 13.2 Å². The monoisotopic (exact) mass is 556 g/mol. The average molecular weight is 556 g/mol. The molecule has 0 fully saturated rings. The fourth-order valence-corrected chi connectivity index (χ4v) is 3.72. The van der Waals surface area contributed by atoms with Crippen molar-refractivity contribution in [3.05, 3.63) is 39.3 Å². The van der Waals surface area contributed by atoms with Crippen molar-refractivity contribution in [1.29, 1.82) is 0 Å². The molecule has 2 N–H and O–H groups in total. The molecule has 1 aliphatic rings. The highest BCUT2D eigenvalue weighted by atomic mass is 127. The van der Waals surface area contributed by atoms with Crippen LogP contribution < -0.4 is 20.1 Å². The van der Waals surface area contributed by atoms with E-state index in [4.69, 9.17) is 9.47 Å². The minimum absolute atomic E-state index is 0. The lowest BCUT2D eigenvalue weighted by atomic mass is 10.1. The van der Waals surface area contributed by atoms with E-state index in [-0.39, 0.29) is 36.6 Å². The number of nitrogens with one attached hydrogen (secondary N) is 2. The normalized spacial score (nSPS) is 15.8. The molecule has 30 heavy (non-hydrogen) atoms. The van der Waals surface area contributed by atoms with Gasteiger partial charge in [0.15, 0.2) is 11.7 Å². The molecule has 1 unspecified atom stereocenters. The van der Waals surface area contributed by atoms with Gasteiger partial charge in [0, 0.05) is 29.5 Å². The molecule has 0 bridgehead atoms. The minimum Gasteiger partial charge on any atom is -0.496 e. The van der Waals surface area contributed by atoms with Crippen LogP contribution in [-0.2, 0) is 25.7 Å². The van der Waals surface area contributed by atoms with Gasteiger partial charge in [-0.05, 0) is 26.0 Å². The van der Waals surface area contributed by atoms with E-state index < -0.39 is 11.9 Å². The molecule has 1 atom stereocenters. The molecule has 11 heteroatoms. The zero-order chi connectivity index (χ0) is 21.0. The summed E-state index contributed by atoms with van der Waals surface area (Å²) < 4.78 is 49.3. The minimum atomic E-state index is -4.43. The van der Waals surface area contributed by atoms with Crippen LogP contribution in [0.1, 0.15) is 35.7 Å². The van der Waals surface area contributed by atoms with Gasteiger partial charge in [0.25, 0.3) is 0 Å². The Balaban J connectivity index is 0.00000320. The van der Waals surface area contributed by atoms with E-state index in [2.05, 4.69) is 20.6 Å². The highest BCUT2D eigenvalue weighted by Gasteiger charge is 2.33. The second-order valence-corrected chi connectivity index (χ2v) is 7.52. The molecule has 1 aromatic carbocycles. The number of methoxy groups -OCH3 is 1. The number of nitrogens with zero attached hydrogens (tertiary/aromatic N) is 2. The van der Waals surface area contributed by atoms with Gasteiger partial charge in [-0.15, -0.1) is 35.3 Å². The summed E-state index contributed by atoms with van der Waals surface area (Å²) in [4.78, 5) is 8.14. The highest BCUT2D eigenvalue weighted by Crippen LogP contribution is 2.35. The number of ether oxygens (including phenoxy) is 2.